The SMILES string of the molecule is Cc1cc(-c2ccc(OCC(=O)NC(C)(C)CO)c(CN3CCOCC3)c2)c2ccccc2n1. The molecule has 180 valence electrons. The van der Waals surface area contributed by atoms with Crippen molar-refractivity contribution in [2.45, 2.75) is 32.9 Å². The lowest BCUT2D eigenvalue weighted by atomic mass is 9.98. The Morgan fingerprint density at radius 2 is 1.94 bits per heavy atom. The number of hydrogen-bond donors (Lipinski definition) is 2. The van der Waals surface area contributed by atoms with E-state index in [2.05, 4.69) is 33.4 Å². The van der Waals surface area contributed by atoms with E-state index < -0.39 is 5.54 Å². The van der Waals surface area contributed by atoms with Gasteiger partial charge in [0.15, 0.2) is 6.61 Å². The van der Waals surface area contributed by atoms with Gasteiger partial charge in [0.1, 0.15) is 5.75 Å². The number of carbonyl (C=O) groups excluding carboxylic acids is 1. The minimum Gasteiger partial charge on any atom is -0.483 e. The van der Waals surface area contributed by atoms with Gasteiger partial charge in [0.25, 0.3) is 5.91 Å². The second-order valence-electron chi connectivity index (χ2n) is 9.42. The van der Waals surface area contributed by atoms with Crippen LogP contribution in [0.3, 0.4) is 0 Å². The van der Waals surface area contributed by atoms with Crippen molar-refractivity contribution in [2.24, 2.45) is 0 Å². The molecule has 0 aliphatic carbocycles. The zero-order valence-electron chi connectivity index (χ0n) is 20.1. The van der Waals surface area contributed by atoms with E-state index in [1.807, 2.05) is 37.3 Å². The van der Waals surface area contributed by atoms with Gasteiger partial charge in [-0.05, 0) is 56.2 Å². The van der Waals surface area contributed by atoms with Crippen LogP contribution in [0.1, 0.15) is 25.1 Å². The number of aromatic nitrogens is 1. The van der Waals surface area contributed by atoms with Crippen LogP contribution in [-0.2, 0) is 16.1 Å². The summed E-state index contributed by atoms with van der Waals surface area (Å²) >= 11 is 0. The summed E-state index contributed by atoms with van der Waals surface area (Å²) in [6.07, 6.45) is 0. The number of aliphatic hydroxyl groups is 1. The maximum absolute atomic E-state index is 12.4. The van der Waals surface area contributed by atoms with Crippen molar-refractivity contribution in [1.29, 1.82) is 0 Å². The molecular weight excluding hydrogens is 430 g/mol. The van der Waals surface area contributed by atoms with E-state index >= 15 is 0 Å². The first-order chi connectivity index (χ1) is 16.3. The first kappa shape index (κ1) is 24.1. The van der Waals surface area contributed by atoms with Crippen LogP contribution in [-0.4, -0.2) is 66.0 Å². The van der Waals surface area contributed by atoms with Crippen LogP contribution < -0.4 is 10.1 Å². The quantitative estimate of drug-likeness (QED) is 0.533. The Morgan fingerprint density at radius 3 is 2.71 bits per heavy atom. The lowest BCUT2D eigenvalue weighted by Gasteiger charge is -2.28. The largest absolute Gasteiger partial charge is 0.483 e. The number of benzene rings is 2. The number of aliphatic hydroxyl groups excluding tert-OH is 1. The van der Waals surface area contributed by atoms with Crippen LogP contribution in [0.4, 0.5) is 0 Å². The number of amides is 1. The van der Waals surface area contributed by atoms with E-state index in [9.17, 15) is 9.90 Å². The molecule has 0 atom stereocenters. The maximum Gasteiger partial charge on any atom is 0.258 e. The molecule has 3 aromatic rings. The molecule has 2 N–H and O–H groups in total. The average Bonchev–Trinajstić information content (AvgIpc) is 2.83. The van der Waals surface area contributed by atoms with Crippen molar-refractivity contribution in [3.63, 3.8) is 0 Å². The molecule has 4 rings (SSSR count). The molecule has 0 saturated carbocycles. The molecule has 34 heavy (non-hydrogen) atoms. The Morgan fingerprint density at radius 1 is 1.18 bits per heavy atom. The van der Waals surface area contributed by atoms with Crippen LogP contribution in [0.25, 0.3) is 22.0 Å². The monoisotopic (exact) mass is 463 g/mol. The summed E-state index contributed by atoms with van der Waals surface area (Å²) in [6.45, 7) is 9.12. The molecule has 7 heteroatoms. The van der Waals surface area contributed by atoms with Gasteiger partial charge in [-0.25, -0.2) is 0 Å². The number of aryl methyl sites for hydroxylation is 1. The number of nitrogens with one attached hydrogen (secondary N) is 1. The standard InChI is InChI=1S/C27H33N3O4/c1-19-14-23(22-6-4-5-7-24(22)28-19)20-8-9-25(34-17-26(32)29-27(2,3)18-31)21(15-20)16-30-10-12-33-13-11-30/h4-9,14-15,31H,10-13,16-18H2,1-3H3,(H,29,32). The molecule has 1 aromatic heterocycles. The first-order valence-corrected chi connectivity index (χ1v) is 11.7. The van der Waals surface area contributed by atoms with Crippen molar-refractivity contribution in [3.05, 3.63) is 59.8 Å². The van der Waals surface area contributed by atoms with E-state index in [0.29, 0.717) is 25.5 Å². The van der Waals surface area contributed by atoms with Crippen molar-refractivity contribution < 1.29 is 19.4 Å². The number of para-hydroxylation sites is 1. The third-order valence-electron chi connectivity index (χ3n) is 5.95. The highest BCUT2D eigenvalue weighted by Crippen LogP contribution is 2.32. The minimum absolute atomic E-state index is 0.115. The highest BCUT2D eigenvalue weighted by Gasteiger charge is 2.20. The molecular formula is C27H33N3O4. The van der Waals surface area contributed by atoms with E-state index in [1.165, 1.54) is 0 Å². The molecule has 0 bridgehead atoms. The summed E-state index contributed by atoms with van der Waals surface area (Å²) in [4.78, 5) is 19.4. The van der Waals surface area contributed by atoms with Crippen LogP contribution in [0, 0.1) is 6.92 Å². The van der Waals surface area contributed by atoms with Crippen LogP contribution in [0.15, 0.2) is 48.5 Å². The summed E-state index contributed by atoms with van der Waals surface area (Å²) in [5, 5.41) is 13.3. The van der Waals surface area contributed by atoms with Gasteiger partial charge >= 0.3 is 0 Å². The van der Waals surface area contributed by atoms with Crippen LogP contribution in [0.5, 0.6) is 5.75 Å². The van der Waals surface area contributed by atoms with Gasteiger partial charge in [-0.1, -0.05) is 24.3 Å². The Kier molecular flexibility index (Phi) is 7.46. The Bertz CT molecular complexity index is 1160. The number of fused-ring (bicyclic) bond motifs is 1. The molecule has 1 saturated heterocycles. The summed E-state index contributed by atoms with van der Waals surface area (Å²) in [5.74, 6) is 0.415. The van der Waals surface area contributed by atoms with E-state index in [1.54, 1.807) is 13.8 Å². The second-order valence-corrected chi connectivity index (χ2v) is 9.42. The van der Waals surface area contributed by atoms with Gasteiger partial charge in [0.05, 0.1) is 30.9 Å². The molecule has 0 spiro atoms. The Hall–Kier alpha value is -3.00. The topological polar surface area (TPSA) is 83.9 Å². The van der Waals surface area contributed by atoms with Gasteiger partial charge in [-0.15, -0.1) is 0 Å². The predicted octanol–water partition coefficient (Wildman–Crippen LogP) is 3.31. The normalized spacial score (nSPS) is 14.8. The number of nitrogens with zero attached hydrogens (tertiary/aromatic N) is 2. The zero-order chi connectivity index (χ0) is 24.1. The fraction of sp³-hybridized carbons (Fsp3) is 0.407. The van der Waals surface area contributed by atoms with E-state index in [0.717, 1.165) is 46.4 Å². The van der Waals surface area contributed by atoms with Gasteiger partial charge in [0, 0.05) is 36.3 Å². The highest BCUT2D eigenvalue weighted by molar-refractivity contribution is 5.94. The molecule has 0 radical (unpaired) electrons. The zero-order valence-corrected chi connectivity index (χ0v) is 20.1. The summed E-state index contributed by atoms with van der Waals surface area (Å²) < 4.78 is 11.5. The Labute approximate surface area is 200 Å². The summed E-state index contributed by atoms with van der Waals surface area (Å²) in [6, 6.07) is 16.4. The number of morpholine rings is 1. The first-order valence-electron chi connectivity index (χ1n) is 11.7. The van der Waals surface area contributed by atoms with E-state index in [-0.39, 0.29) is 19.1 Å². The van der Waals surface area contributed by atoms with E-state index in [4.69, 9.17) is 9.47 Å². The number of pyridine rings is 1. The minimum atomic E-state index is -0.693. The van der Waals surface area contributed by atoms with Crippen molar-refractivity contribution in [2.75, 3.05) is 39.5 Å². The highest BCUT2D eigenvalue weighted by atomic mass is 16.5. The molecule has 1 aliphatic rings. The smallest absolute Gasteiger partial charge is 0.258 e. The molecule has 0 unspecified atom stereocenters. The van der Waals surface area contributed by atoms with Gasteiger partial charge in [-0.3, -0.25) is 14.7 Å². The molecule has 2 heterocycles. The third-order valence-corrected chi connectivity index (χ3v) is 5.95. The van der Waals surface area contributed by atoms with Crippen LogP contribution in [0.2, 0.25) is 0 Å². The third kappa shape index (κ3) is 5.91. The number of hydrogen-bond acceptors (Lipinski definition) is 6. The molecule has 1 aliphatic heterocycles. The van der Waals surface area contributed by atoms with Crippen LogP contribution >= 0.6 is 0 Å². The summed E-state index contributed by atoms with van der Waals surface area (Å²) in [7, 11) is 0. The van der Waals surface area contributed by atoms with Crippen molar-refractivity contribution in [1.82, 2.24) is 15.2 Å². The molecule has 2 aromatic carbocycles. The number of ether oxygens (including phenoxy) is 2. The lowest BCUT2D eigenvalue weighted by molar-refractivity contribution is -0.125. The van der Waals surface area contributed by atoms with Gasteiger partial charge in [-0.2, -0.15) is 0 Å². The maximum atomic E-state index is 12.4. The van der Waals surface area contributed by atoms with Crippen molar-refractivity contribution in [3.8, 4) is 16.9 Å². The van der Waals surface area contributed by atoms with Gasteiger partial charge in [0.2, 0.25) is 0 Å². The fourth-order valence-electron chi connectivity index (χ4n) is 4.15. The lowest BCUT2D eigenvalue weighted by Crippen LogP contribution is -2.48. The summed E-state index contributed by atoms with van der Waals surface area (Å²) in [5.41, 5.74) is 4.47. The fourth-order valence-corrected chi connectivity index (χ4v) is 4.15. The number of carbonyl (C=O) groups is 1. The average molecular weight is 464 g/mol. The van der Waals surface area contributed by atoms with Gasteiger partial charge < -0.3 is 19.9 Å². The second kappa shape index (κ2) is 10.5. The molecule has 1 amide bonds. The molecule has 1 fully saturated rings. The number of rotatable bonds is 8. The molecule has 7 nitrogen and oxygen atoms in total. The van der Waals surface area contributed by atoms with Crippen molar-refractivity contribution >= 4 is 16.8 Å². The Balaban J connectivity index is 1.64. The predicted molar refractivity (Wildman–Crippen MR) is 133 cm³/mol.